The predicted octanol–water partition coefficient (Wildman–Crippen LogP) is 3.85. The van der Waals surface area contributed by atoms with Crippen molar-refractivity contribution in [3.8, 4) is 23.2 Å². The van der Waals surface area contributed by atoms with Crippen LogP contribution in [0, 0.1) is 0 Å². The maximum atomic E-state index is 13.2. The summed E-state index contributed by atoms with van der Waals surface area (Å²) < 4.78 is 3.86. The van der Waals surface area contributed by atoms with Crippen LogP contribution in [0.5, 0.6) is 0 Å². The van der Waals surface area contributed by atoms with Crippen LogP contribution in [0.1, 0.15) is 10.4 Å². The summed E-state index contributed by atoms with van der Waals surface area (Å²) in [5, 5.41) is 3.02. The van der Waals surface area contributed by atoms with Gasteiger partial charge in [0.05, 0.1) is 33.4 Å². The number of amides is 1. The molecule has 0 saturated carbocycles. The molecule has 1 aliphatic heterocycles. The van der Waals surface area contributed by atoms with Crippen molar-refractivity contribution in [2.45, 2.75) is 0 Å². The second-order valence-corrected chi connectivity index (χ2v) is 10.4. The number of anilines is 2. The molecule has 3 N–H and O–H groups in total. The quantitative estimate of drug-likeness (QED) is 0.310. The number of aromatic amines is 2. The van der Waals surface area contributed by atoms with Gasteiger partial charge in [-0.05, 0) is 49.5 Å². The van der Waals surface area contributed by atoms with Gasteiger partial charge in [0.2, 0.25) is 0 Å². The molecule has 4 aromatic heterocycles. The minimum atomic E-state index is -0.200. The molecule has 6 aromatic rings. The molecule has 0 unspecified atom stereocenters. The van der Waals surface area contributed by atoms with E-state index in [1.165, 1.54) is 5.69 Å². The number of piperazine rings is 1. The highest BCUT2D eigenvalue weighted by Crippen LogP contribution is 2.28. The number of benzene rings is 2. The van der Waals surface area contributed by atoms with Gasteiger partial charge >= 0.3 is 0 Å². The molecule has 0 aliphatic carbocycles. The van der Waals surface area contributed by atoms with Gasteiger partial charge in [-0.3, -0.25) is 4.79 Å². The lowest BCUT2D eigenvalue weighted by molar-refractivity contribution is 0.102. The fourth-order valence-electron chi connectivity index (χ4n) is 5.30. The molecule has 2 aromatic carbocycles. The molecule has 11 nitrogen and oxygen atoms in total. The fourth-order valence-corrected chi connectivity index (χ4v) is 5.30. The van der Waals surface area contributed by atoms with E-state index in [-0.39, 0.29) is 5.91 Å². The lowest BCUT2D eigenvalue weighted by atomic mass is 10.2. The van der Waals surface area contributed by atoms with Gasteiger partial charge in [0, 0.05) is 70.1 Å². The van der Waals surface area contributed by atoms with Crippen molar-refractivity contribution in [2.75, 3.05) is 43.4 Å². The van der Waals surface area contributed by atoms with E-state index < -0.39 is 0 Å². The molecule has 1 fully saturated rings. The number of nitrogens with one attached hydrogen (secondary N) is 3. The van der Waals surface area contributed by atoms with E-state index in [1.54, 1.807) is 12.3 Å². The van der Waals surface area contributed by atoms with E-state index in [0.717, 1.165) is 65.6 Å². The maximum absolute atomic E-state index is 13.2. The molecular weight excluding hydrogens is 504 g/mol. The van der Waals surface area contributed by atoms with Gasteiger partial charge in [0.15, 0.2) is 17.5 Å². The Labute approximate surface area is 230 Å². The summed E-state index contributed by atoms with van der Waals surface area (Å²) in [5.41, 5.74) is 6.78. The number of aryl methyl sites for hydroxylation is 2. The number of imidazole rings is 3. The van der Waals surface area contributed by atoms with Crippen molar-refractivity contribution < 1.29 is 4.79 Å². The summed E-state index contributed by atoms with van der Waals surface area (Å²) >= 11 is 0. The second kappa shape index (κ2) is 9.38. The third-order valence-electron chi connectivity index (χ3n) is 7.62. The number of H-pyrrole nitrogens is 2. The van der Waals surface area contributed by atoms with Crippen LogP contribution in [0.2, 0.25) is 0 Å². The van der Waals surface area contributed by atoms with Gasteiger partial charge in [-0.2, -0.15) is 0 Å². The van der Waals surface area contributed by atoms with Gasteiger partial charge < -0.3 is 34.2 Å². The number of rotatable bonds is 5. The Morgan fingerprint density at radius 1 is 0.850 bits per heavy atom. The highest BCUT2D eigenvalue weighted by Gasteiger charge is 2.18. The number of hydrogen-bond donors (Lipinski definition) is 3. The van der Waals surface area contributed by atoms with Gasteiger partial charge in [0.25, 0.3) is 5.91 Å². The molecule has 40 heavy (non-hydrogen) atoms. The lowest BCUT2D eigenvalue weighted by Gasteiger charge is -2.34. The SMILES string of the molecule is CN1CCN(c2ccc3nc(-c4cc(NC(=O)c5ccc6nc(-c7nccn7C)[nH]c6c5)cn4C)[nH]c3c2)CC1. The molecule has 5 heterocycles. The van der Waals surface area contributed by atoms with E-state index in [9.17, 15) is 4.79 Å². The zero-order valence-electron chi connectivity index (χ0n) is 22.6. The summed E-state index contributed by atoms with van der Waals surface area (Å²) in [4.78, 5) is 38.5. The van der Waals surface area contributed by atoms with E-state index in [0.29, 0.717) is 17.1 Å². The molecule has 7 rings (SSSR count). The second-order valence-electron chi connectivity index (χ2n) is 10.4. The average Bonchev–Trinajstić information content (AvgIpc) is 3.73. The van der Waals surface area contributed by atoms with Crippen molar-refractivity contribution in [1.29, 1.82) is 0 Å². The molecular formula is C29H30N10O. The number of aromatic nitrogens is 7. The van der Waals surface area contributed by atoms with Crippen LogP contribution in [-0.4, -0.2) is 78.1 Å². The number of likely N-dealkylation sites (N-methyl/N-ethyl adjacent to an activating group) is 1. The first-order valence-corrected chi connectivity index (χ1v) is 13.3. The Morgan fingerprint density at radius 3 is 2.35 bits per heavy atom. The van der Waals surface area contributed by atoms with Gasteiger partial charge in [-0.25, -0.2) is 15.0 Å². The van der Waals surface area contributed by atoms with Crippen LogP contribution in [-0.2, 0) is 14.1 Å². The first-order valence-electron chi connectivity index (χ1n) is 13.3. The summed E-state index contributed by atoms with van der Waals surface area (Å²) in [5.74, 6) is 1.96. The Bertz CT molecular complexity index is 1860. The van der Waals surface area contributed by atoms with Crippen molar-refractivity contribution in [3.05, 3.63) is 66.6 Å². The molecule has 1 saturated heterocycles. The van der Waals surface area contributed by atoms with Crippen molar-refractivity contribution in [3.63, 3.8) is 0 Å². The number of fused-ring (bicyclic) bond motifs is 2. The largest absolute Gasteiger partial charge is 0.369 e. The molecule has 0 bridgehead atoms. The number of carbonyl (C=O) groups excluding carboxylic acids is 1. The van der Waals surface area contributed by atoms with Crippen molar-refractivity contribution >= 4 is 39.3 Å². The molecule has 1 amide bonds. The van der Waals surface area contributed by atoms with Crippen LogP contribution in [0.25, 0.3) is 45.2 Å². The van der Waals surface area contributed by atoms with Crippen LogP contribution in [0.3, 0.4) is 0 Å². The van der Waals surface area contributed by atoms with Crippen LogP contribution >= 0.6 is 0 Å². The molecule has 11 heteroatoms. The fraction of sp³-hybridized carbons (Fsp3) is 0.241. The van der Waals surface area contributed by atoms with Crippen molar-refractivity contribution in [2.24, 2.45) is 14.1 Å². The van der Waals surface area contributed by atoms with E-state index >= 15 is 0 Å². The molecule has 1 aliphatic rings. The average molecular weight is 535 g/mol. The molecule has 0 atom stereocenters. The molecule has 202 valence electrons. The van der Waals surface area contributed by atoms with Gasteiger partial charge in [-0.1, -0.05) is 0 Å². The number of nitrogens with zero attached hydrogens (tertiary/aromatic N) is 7. The zero-order valence-corrected chi connectivity index (χ0v) is 22.6. The maximum Gasteiger partial charge on any atom is 0.255 e. The van der Waals surface area contributed by atoms with Crippen molar-refractivity contribution in [1.82, 2.24) is 39.0 Å². The Hall–Kier alpha value is -4.90. The Morgan fingerprint density at radius 2 is 1.57 bits per heavy atom. The highest BCUT2D eigenvalue weighted by molar-refractivity contribution is 6.06. The number of carbonyl (C=O) groups is 1. The third kappa shape index (κ3) is 4.30. The Kier molecular flexibility index (Phi) is 5.67. The Balaban J connectivity index is 1.11. The van der Waals surface area contributed by atoms with E-state index in [2.05, 4.69) is 60.3 Å². The smallest absolute Gasteiger partial charge is 0.255 e. The standard InChI is InChI=1S/C29H30N10O/c1-36-10-12-39(13-11-36)20-5-7-22-24(16-20)34-26(32-22)25-15-19(17-38(25)3)31-29(40)18-4-6-21-23(14-18)35-27(33-21)28-30-8-9-37(28)2/h4-9,14-17H,10-13H2,1-3H3,(H,31,40)(H,32,34)(H,33,35). The topological polar surface area (TPSA) is 116 Å². The summed E-state index contributed by atoms with van der Waals surface area (Å²) in [6.45, 7) is 4.16. The normalized spacial score (nSPS) is 14.4. The number of hydrogen-bond acceptors (Lipinski definition) is 6. The molecule has 0 spiro atoms. The highest BCUT2D eigenvalue weighted by atomic mass is 16.1. The minimum Gasteiger partial charge on any atom is -0.369 e. The minimum absolute atomic E-state index is 0.200. The summed E-state index contributed by atoms with van der Waals surface area (Å²) in [6, 6.07) is 13.8. The predicted molar refractivity (Wildman–Crippen MR) is 156 cm³/mol. The van der Waals surface area contributed by atoms with Gasteiger partial charge in [0.1, 0.15) is 0 Å². The first kappa shape index (κ1) is 24.2. The van der Waals surface area contributed by atoms with Crippen LogP contribution in [0.4, 0.5) is 11.4 Å². The van der Waals surface area contributed by atoms with Crippen LogP contribution in [0.15, 0.2) is 61.1 Å². The lowest BCUT2D eigenvalue weighted by Crippen LogP contribution is -2.44. The summed E-state index contributed by atoms with van der Waals surface area (Å²) in [7, 11) is 6.03. The van der Waals surface area contributed by atoms with E-state index in [1.807, 2.05) is 53.8 Å². The first-order chi connectivity index (χ1) is 19.4. The van der Waals surface area contributed by atoms with Crippen LogP contribution < -0.4 is 10.2 Å². The van der Waals surface area contributed by atoms with E-state index in [4.69, 9.17) is 4.98 Å². The summed E-state index contributed by atoms with van der Waals surface area (Å²) in [6.07, 6.45) is 5.49. The molecule has 0 radical (unpaired) electrons. The monoisotopic (exact) mass is 534 g/mol. The van der Waals surface area contributed by atoms with Gasteiger partial charge in [-0.15, -0.1) is 0 Å². The third-order valence-corrected chi connectivity index (χ3v) is 7.62. The zero-order chi connectivity index (χ0) is 27.4.